The van der Waals surface area contributed by atoms with E-state index in [4.69, 9.17) is 16.3 Å². The summed E-state index contributed by atoms with van der Waals surface area (Å²) in [7, 11) is 0. The molecule has 0 unspecified atom stereocenters. The van der Waals surface area contributed by atoms with E-state index >= 15 is 0 Å². The van der Waals surface area contributed by atoms with Crippen LogP contribution in [0.4, 0.5) is 0 Å². The zero-order valence-corrected chi connectivity index (χ0v) is 15.3. The molecule has 0 aromatic carbocycles. The Hall–Kier alpha value is -1.40. The second-order valence-corrected chi connectivity index (χ2v) is 7.84. The fraction of sp³-hybridized carbons (Fsp3) is 0.588. The number of carbonyl (C=O) groups excluding carboxylic acids is 3. The lowest BCUT2D eigenvalue weighted by molar-refractivity contribution is -0.148. The Labute approximate surface area is 150 Å². The van der Waals surface area contributed by atoms with Crippen molar-refractivity contribution in [1.29, 1.82) is 0 Å². The zero-order chi connectivity index (χ0) is 17.5. The van der Waals surface area contributed by atoms with Crippen molar-refractivity contribution < 1.29 is 19.1 Å². The van der Waals surface area contributed by atoms with Crippen LogP contribution in [-0.4, -0.2) is 30.3 Å². The smallest absolute Gasteiger partial charge is 0.306 e. The highest BCUT2D eigenvalue weighted by Gasteiger charge is 2.23. The van der Waals surface area contributed by atoms with Crippen LogP contribution in [-0.2, 0) is 14.3 Å². The molecule has 0 saturated heterocycles. The number of esters is 1. The maximum Gasteiger partial charge on any atom is 0.306 e. The minimum absolute atomic E-state index is 0.0402. The molecule has 7 heteroatoms. The number of carbonyl (C=O) groups is 3. The summed E-state index contributed by atoms with van der Waals surface area (Å²) < 4.78 is 5.48. The molecule has 1 amide bonds. The molecule has 1 heterocycles. The van der Waals surface area contributed by atoms with Gasteiger partial charge in [0.05, 0.1) is 15.6 Å². The van der Waals surface area contributed by atoms with Crippen LogP contribution in [0.25, 0.3) is 0 Å². The maximum absolute atomic E-state index is 11.9. The lowest BCUT2D eigenvalue weighted by Crippen LogP contribution is -2.42. The van der Waals surface area contributed by atoms with Gasteiger partial charge < -0.3 is 10.1 Å². The Kier molecular flexibility index (Phi) is 7.24. The van der Waals surface area contributed by atoms with E-state index < -0.39 is 5.97 Å². The van der Waals surface area contributed by atoms with Gasteiger partial charge in [0.2, 0.25) is 0 Å². The normalized spacial score (nSPS) is 20.4. The van der Waals surface area contributed by atoms with Crippen LogP contribution in [0.15, 0.2) is 12.1 Å². The molecule has 2 atom stereocenters. The summed E-state index contributed by atoms with van der Waals surface area (Å²) in [6.07, 6.45) is 4.41. The van der Waals surface area contributed by atoms with Crippen molar-refractivity contribution in [1.82, 2.24) is 5.32 Å². The molecule has 5 nitrogen and oxygen atoms in total. The molecular formula is C17H22ClNO4S. The molecule has 132 valence electrons. The van der Waals surface area contributed by atoms with Gasteiger partial charge in [-0.25, -0.2) is 0 Å². The Bertz CT molecular complexity index is 601. The quantitative estimate of drug-likeness (QED) is 0.587. The number of rotatable bonds is 7. The van der Waals surface area contributed by atoms with Crippen molar-refractivity contribution >= 4 is 40.6 Å². The van der Waals surface area contributed by atoms with Crippen molar-refractivity contribution in [2.24, 2.45) is 5.92 Å². The van der Waals surface area contributed by atoms with E-state index in [0.717, 1.165) is 19.3 Å². The first kappa shape index (κ1) is 18.9. The van der Waals surface area contributed by atoms with Gasteiger partial charge in [0.1, 0.15) is 0 Å². The van der Waals surface area contributed by atoms with Gasteiger partial charge in [-0.3, -0.25) is 14.4 Å². The van der Waals surface area contributed by atoms with Gasteiger partial charge in [-0.05, 0) is 30.9 Å². The van der Waals surface area contributed by atoms with E-state index in [1.54, 1.807) is 12.1 Å². The third kappa shape index (κ3) is 5.91. The molecule has 24 heavy (non-hydrogen) atoms. The van der Waals surface area contributed by atoms with Crippen LogP contribution in [0.3, 0.4) is 0 Å². The Morgan fingerprint density at radius 1 is 1.25 bits per heavy atom. The average Bonchev–Trinajstić information content (AvgIpc) is 2.99. The first-order chi connectivity index (χ1) is 11.5. The number of amides is 1. The summed E-state index contributed by atoms with van der Waals surface area (Å²) >= 11 is 6.96. The second kappa shape index (κ2) is 9.18. The largest absolute Gasteiger partial charge is 0.456 e. The molecular weight excluding hydrogens is 350 g/mol. The van der Waals surface area contributed by atoms with Crippen molar-refractivity contribution in [2.75, 3.05) is 6.61 Å². The van der Waals surface area contributed by atoms with Gasteiger partial charge in [-0.2, -0.15) is 0 Å². The standard InChI is InChI=1S/C17H22ClNO4S/c1-11-4-2-3-5-12(11)19-16(21)10-23-17(22)9-6-13(20)14-7-8-15(18)24-14/h7-8,11-12H,2-6,9-10H2,1H3,(H,19,21)/t11-,12+/m1/s1. The molecule has 0 aliphatic heterocycles. The second-order valence-electron chi connectivity index (χ2n) is 6.12. The summed E-state index contributed by atoms with van der Waals surface area (Å²) in [5, 5.41) is 2.92. The summed E-state index contributed by atoms with van der Waals surface area (Å²) in [6, 6.07) is 3.45. The molecule has 1 aliphatic carbocycles. The topological polar surface area (TPSA) is 72.5 Å². The maximum atomic E-state index is 11.9. The van der Waals surface area contributed by atoms with Crippen molar-refractivity contribution in [2.45, 2.75) is 51.5 Å². The predicted molar refractivity (Wildman–Crippen MR) is 93.4 cm³/mol. The number of nitrogens with one attached hydrogen (secondary N) is 1. The van der Waals surface area contributed by atoms with Gasteiger partial charge >= 0.3 is 5.97 Å². The number of halogens is 1. The number of ether oxygens (including phenoxy) is 1. The number of Topliss-reactive ketones (excluding diaryl/α,β-unsaturated/α-hetero) is 1. The van der Waals surface area contributed by atoms with E-state index in [2.05, 4.69) is 12.2 Å². The Balaban J connectivity index is 1.65. The molecule has 1 N–H and O–H groups in total. The highest BCUT2D eigenvalue weighted by Crippen LogP contribution is 2.24. The fourth-order valence-corrected chi connectivity index (χ4v) is 3.81. The van der Waals surface area contributed by atoms with E-state index in [1.807, 2.05) is 0 Å². The monoisotopic (exact) mass is 371 g/mol. The van der Waals surface area contributed by atoms with Crippen LogP contribution in [0.1, 0.15) is 55.1 Å². The molecule has 0 spiro atoms. The SMILES string of the molecule is C[C@@H]1CCCC[C@@H]1NC(=O)COC(=O)CCC(=O)c1ccc(Cl)s1. The number of ketones is 1. The molecule has 1 fully saturated rings. The minimum Gasteiger partial charge on any atom is -0.456 e. The van der Waals surface area contributed by atoms with Crippen LogP contribution in [0, 0.1) is 5.92 Å². The van der Waals surface area contributed by atoms with E-state index in [0.29, 0.717) is 15.1 Å². The molecule has 1 saturated carbocycles. The molecule has 0 bridgehead atoms. The average molecular weight is 372 g/mol. The number of hydrogen-bond acceptors (Lipinski definition) is 5. The van der Waals surface area contributed by atoms with E-state index in [1.165, 1.54) is 17.8 Å². The number of hydrogen-bond donors (Lipinski definition) is 1. The lowest BCUT2D eigenvalue weighted by Gasteiger charge is -2.29. The third-order valence-corrected chi connectivity index (χ3v) is 5.50. The zero-order valence-electron chi connectivity index (χ0n) is 13.7. The summed E-state index contributed by atoms with van der Waals surface area (Å²) in [4.78, 5) is 35.9. The summed E-state index contributed by atoms with van der Waals surface area (Å²) in [5.41, 5.74) is 0. The molecule has 1 aliphatic rings. The first-order valence-corrected chi connectivity index (χ1v) is 9.38. The van der Waals surface area contributed by atoms with Gasteiger partial charge in [0, 0.05) is 12.5 Å². The Morgan fingerprint density at radius 2 is 2.00 bits per heavy atom. The lowest BCUT2D eigenvalue weighted by atomic mass is 9.86. The first-order valence-electron chi connectivity index (χ1n) is 8.19. The fourth-order valence-electron chi connectivity index (χ4n) is 2.80. The van der Waals surface area contributed by atoms with Crippen LogP contribution in [0.2, 0.25) is 4.34 Å². The molecule has 1 aromatic heterocycles. The summed E-state index contributed by atoms with van der Waals surface area (Å²) in [6.45, 7) is 1.83. The van der Waals surface area contributed by atoms with E-state index in [-0.39, 0.29) is 37.2 Å². The van der Waals surface area contributed by atoms with Crippen LogP contribution < -0.4 is 5.32 Å². The van der Waals surface area contributed by atoms with Gasteiger partial charge in [0.15, 0.2) is 12.4 Å². The van der Waals surface area contributed by atoms with Crippen LogP contribution >= 0.6 is 22.9 Å². The van der Waals surface area contributed by atoms with Crippen molar-refractivity contribution in [3.05, 3.63) is 21.3 Å². The molecule has 0 radical (unpaired) electrons. The van der Waals surface area contributed by atoms with Gasteiger partial charge in [-0.1, -0.05) is 31.4 Å². The third-order valence-electron chi connectivity index (χ3n) is 4.23. The molecule has 2 rings (SSSR count). The minimum atomic E-state index is -0.544. The van der Waals surface area contributed by atoms with Crippen LogP contribution in [0.5, 0.6) is 0 Å². The summed E-state index contributed by atoms with van der Waals surface area (Å²) in [5.74, 6) is -0.519. The van der Waals surface area contributed by atoms with Gasteiger partial charge in [0.25, 0.3) is 5.91 Å². The highest BCUT2D eigenvalue weighted by atomic mass is 35.5. The number of thiophene rings is 1. The van der Waals surface area contributed by atoms with Gasteiger partial charge in [-0.15, -0.1) is 11.3 Å². The molecule has 1 aromatic rings. The van der Waals surface area contributed by atoms with Crippen molar-refractivity contribution in [3.8, 4) is 0 Å². The highest BCUT2D eigenvalue weighted by molar-refractivity contribution is 7.18. The predicted octanol–water partition coefficient (Wildman–Crippen LogP) is 3.60. The Morgan fingerprint density at radius 3 is 2.67 bits per heavy atom. The van der Waals surface area contributed by atoms with Crippen molar-refractivity contribution in [3.63, 3.8) is 0 Å². The van der Waals surface area contributed by atoms with E-state index in [9.17, 15) is 14.4 Å².